The van der Waals surface area contributed by atoms with E-state index in [1.165, 1.54) is 23.5 Å². The molecule has 0 N–H and O–H groups in total. The van der Waals surface area contributed by atoms with Gasteiger partial charge in [0.05, 0.1) is 12.4 Å². The molecule has 7 heteroatoms. The molecule has 0 unspecified atom stereocenters. The summed E-state index contributed by atoms with van der Waals surface area (Å²) in [6, 6.07) is 16.3. The molecule has 1 amide bonds. The van der Waals surface area contributed by atoms with Crippen molar-refractivity contribution in [2.45, 2.75) is 24.8 Å². The van der Waals surface area contributed by atoms with E-state index in [1.807, 2.05) is 48.2 Å². The summed E-state index contributed by atoms with van der Waals surface area (Å²) in [5.41, 5.74) is 4.18. The van der Waals surface area contributed by atoms with Gasteiger partial charge in [0.25, 0.3) is 5.91 Å². The third-order valence-corrected chi connectivity index (χ3v) is 6.95. The van der Waals surface area contributed by atoms with Gasteiger partial charge in [0, 0.05) is 56.9 Å². The fourth-order valence-corrected chi connectivity index (χ4v) is 5.16. The standard InChI is InChI=1S/C26H28FN5O/c1-30(2)22-8-5-7-19(14-22)24(33)32-17-20-6-3-4-9-23(20)26(18-32)10-12-31(13-11-26)25-28-15-21(27)16-29-25/h3-9,14-16H,10-13,17-18H2,1-2H3. The van der Waals surface area contributed by atoms with Crippen molar-refractivity contribution in [3.05, 3.63) is 83.4 Å². The van der Waals surface area contributed by atoms with Gasteiger partial charge in [-0.05, 0) is 42.2 Å². The van der Waals surface area contributed by atoms with E-state index >= 15 is 0 Å². The summed E-state index contributed by atoms with van der Waals surface area (Å²) in [7, 11) is 3.96. The third kappa shape index (κ3) is 4.03. The maximum atomic E-state index is 13.6. The molecule has 3 aromatic rings. The summed E-state index contributed by atoms with van der Waals surface area (Å²) >= 11 is 0. The lowest BCUT2D eigenvalue weighted by molar-refractivity contribution is 0.0647. The molecule has 1 saturated heterocycles. The zero-order chi connectivity index (χ0) is 23.0. The maximum Gasteiger partial charge on any atom is 0.254 e. The van der Waals surface area contributed by atoms with Crippen LogP contribution < -0.4 is 9.80 Å². The normalized spacial score (nSPS) is 17.1. The SMILES string of the molecule is CN(C)c1cccc(C(=O)N2Cc3ccccc3C3(CCN(c4ncc(F)cn4)CC3)C2)c1. The van der Waals surface area contributed by atoms with Crippen LogP contribution in [0.3, 0.4) is 0 Å². The van der Waals surface area contributed by atoms with E-state index in [2.05, 4.69) is 39.1 Å². The summed E-state index contributed by atoms with van der Waals surface area (Å²) < 4.78 is 13.2. The smallest absolute Gasteiger partial charge is 0.254 e. The van der Waals surface area contributed by atoms with Gasteiger partial charge in [0.2, 0.25) is 5.95 Å². The number of hydrogen-bond acceptors (Lipinski definition) is 5. The monoisotopic (exact) mass is 445 g/mol. The van der Waals surface area contributed by atoms with Crippen LogP contribution in [0.2, 0.25) is 0 Å². The second kappa shape index (κ2) is 8.46. The van der Waals surface area contributed by atoms with E-state index in [9.17, 15) is 9.18 Å². The molecule has 2 aromatic carbocycles. The molecule has 1 fully saturated rings. The molecule has 0 saturated carbocycles. The Bertz CT molecular complexity index is 1160. The zero-order valence-corrected chi connectivity index (χ0v) is 19.0. The Morgan fingerprint density at radius 3 is 2.48 bits per heavy atom. The molecule has 0 atom stereocenters. The highest BCUT2D eigenvalue weighted by molar-refractivity contribution is 5.95. The van der Waals surface area contributed by atoms with Gasteiger partial charge in [-0.2, -0.15) is 0 Å². The molecule has 1 spiro atoms. The van der Waals surface area contributed by atoms with E-state index in [1.54, 1.807) is 0 Å². The van der Waals surface area contributed by atoms with Gasteiger partial charge < -0.3 is 14.7 Å². The number of halogens is 1. The van der Waals surface area contributed by atoms with Crippen molar-refractivity contribution in [1.82, 2.24) is 14.9 Å². The summed E-state index contributed by atoms with van der Waals surface area (Å²) in [6.07, 6.45) is 4.19. The molecule has 3 heterocycles. The Hall–Kier alpha value is -3.48. The van der Waals surface area contributed by atoms with Crippen LogP contribution in [0.25, 0.3) is 0 Å². The lowest BCUT2D eigenvalue weighted by Crippen LogP contribution is -2.53. The van der Waals surface area contributed by atoms with Crippen LogP contribution in [0.5, 0.6) is 0 Å². The molecule has 2 aliphatic heterocycles. The molecule has 0 bridgehead atoms. The first-order valence-electron chi connectivity index (χ1n) is 11.3. The summed E-state index contributed by atoms with van der Waals surface area (Å²) in [6.45, 7) is 2.83. The average Bonchev–Trinajstić information content (AvgIpc) is 2.85. The highest BCUT2D eigenvalue weighted by Crippen LogP contribution is 2.42. The number of carbonyl (C=O) groups excluding carboxylic acids is 1. The number of amides is 1. The van der Waals surface area contributed by atoms with Crippen LogP contribution in [0.15, 0.2) is 60.9 Å². The summed E-state index contributed by atoms with van der Waals surface area (Å²) in [5.74, 6) is 0.196. The Morgan fingerprint density at radius 1 is 1.03 bits per heavy atom. The van der Waals surface area contributed by atoms with Gasteiger partial charge in [-0.15, -0.1) is 0 Å². The first kappa shape index (κ1) is 21.4. The minimum Gasteiger partial charge on any atom is -0.378 e. The van der Waals surface area contributed by atoms with E-state index in [0.717, 1.165) is 31.6 Å². The van der Waals surface area contributed by atoms with Crippen molar-refractivity contribution in [2.75, 3.05) is 43.5 Å². The number of aromatic nitrogens is 2. The fourth-order valence-electron chi connectivity index (χ4n) is 5.16. The van der Waals surface area contributed by atoms with E-state index in [0.29, 0.717) is 24.6 Å². The molecule has 33 heavy (non-hydrogen) atoms. The van der Waals surface area contributed by atoms with E-state index < -0.39 is 5.82 Å². The molecule has 6 nitrogen and oxygen atoms in total. The van der Waals surface area contributed by atoms with E-state index in [4.69, 9.17) is 0 Å². The molecule has 1 aromatic heterocycles. The predicted molar refractivity (Wildman–Crippen MR) is 127 cm³/mol. The molecule has 170 valence electrons. The minimum atomic E-state index is -0.430. The molecule has 0 aliphatic carbocycles. The fraction of sp³-hybridized carbons (Fsp3) is 0.346. The zero-order valence-electron chi connectivity index (χ0n) is 19.0. The van der Waals surface area contributed by atoms with Crippen LogP contribution in [0, 0.1) is 5.82 Å². The first-order chi connectivity index (χ1) is 15.9. The van der Waals surface area contributed by atoms with Gasteiger partial charge in [0.1, 0.15) is 0 Å². The topological polar surface area (TPSA) is 52.6 Å². The van der Waals surface area contributed by atoms with Crippen molar-refractivity contribution in [1.29, 1.82) is 0 Å². The van der Waals surface area contributed by atoms with Crippen molar-refractivity contribution in [3.63, 3.8) is 0 Å². The second-order valence-electron chi connectivity index (χ2n) is 9.23. The quantitative estimate of drug-likeness (QED) is 0.613. The van der Waals surface area contributed by atoms with Crippen LogP contribution in [0.1, 0.15) is 34.3 Å². The Morgan fingerprint density at radius 2 is 1.76 bits per heavy atom. The third-order valence-electron chi connectivity index (χ3n) is 6.95. The van der Waals surface area contributed by atoms with Crippen molar-refractivity contribution in [2.24, 2.45) is 0 Å². The van der Waals surface area contributed by atoms with Crippen LogP contribution in [-0.2, 0) is 12.0 Å². The molecular weight excluding hydrogens is 417 g/mol. The predicted octanol–water partition coefficient (Wildman–Crippen LogP) is 3.88. The number of carbonyl (C=O) groups is 1. The molecule has 5 rings (SSSR count). The lowest BCUT2D eigenvalue weighted by Gasteiger charge is -2.48. The lowest BCUT2D eigenvalue weighted by atomic mass is 9.68. The number of fused-ring (bicyclic) bond motifs is 2. The van der Waals surface area contributed by atoms with Gasteiger partial charge in [0.15, 0.2) is 5.82 Å². The van der Waals surface area contributed by atoms with Crippen LogP contribution in [-0.4, -0.2) is 54.5 Å². The highest BCUT2D eigenvalue weighted by atomic mass is 19.1. The summed E-state index contributed by atoms with van der Waals surface area (Å²) in [5, 5.41) is 0. The van der Waals surface area contributed by atoms with Gasteiger partial charge in [-0.25, -0.2) is 14.4 Å². The largest absolute Gasteiger partial charge is 0.378 e. The van der Waals surface area contributed by atoms with Crippen LogP contribution >= 0.6 is 0 Å². The number of anilines is 2. The Kier molecular flexibility index (Phi) is 5.48. The van der Waals surface area contributed by atoms with Crippen molar-refractivity contribution < 1.29 is 9.18 Å². The highest BCUT2D eigenvalue weighted by Gasteiger charge is 2.43. The second-order valence-corrected chi connectivity index (χ2v) is 9.23. The van der Waals surface area contributed by atoms with Gasteiger partial charge in [-0.3, -0.25) is 4.79 Å². The van der Waals surface area contributed by atoms with Gasteiger partial charge >= 0.3 is 0 Å². The van der Waals surface area contributed by atoms with Gasteiger partial charge in [-0.1, -0.05) is 30.3 Å². The minimum absolute atomic E-state index is 0.0666. The number of rotatable bonds is 3. The maximum absolute atomic E-state index is 13.6. The number of piperidine rings is 1. The van der Waals surface area contributed by atoms with Crippen molar-refractivity contribution >= 4 is 17.5 Å². The molecular formula is C26H28FN5O. The number of nitrogens with zero attached hydrogens (tertiary/aromatic N) is 5. The number of benzene rings is 2. The molecule has 0 radical (unpaired) electrons. The Balaban J connectivity index is 1.42. The summed E-state index contributed by atoms with van der Waals surface area (Å²) in [4.78, 5) is 28.0. The van der Waals surface area contributed by atoms with E-state index in [-0.39, 0.29) is 11.3 Å². The number of hydrogen-bond donors (Lipinski definition) is 0. The van der Waals surface area contributed by atoms with Crippen LogP contribution in [0.4, 0.5) is 16.0 Å². The van der Waals surface area contributed by atoms with Crippen molar-refractivity contribution in [3.8, 4) is 0 Å². The average molecular weight is 446 g/mol. The first-order valence-corrected chi connectivity index (χ1v) is 11.3. The molecule has 2 aliphatic rings. The Labute approximate surface area is 193 Å².